The number of hydrogen-bond acceptors (Lipinski definition) is 3. The lowest BCUT2D eigenvalue weighted by molar-refractivity contribution is 0.580. The molecular weight excluding hydrogens is 284 g/mol. The van der Waals surface area contributed by atoms with E-state index in [1.165, 1.54) is 5.56 Å². The average molecular weight is 302 g/mol. The van der Waals surface area contributed by atoms with Gasteiger partial charge in [-0.1, -0.05) is 36.4 Å². The van der Waals surface area contributed by atoms with E-state index in [2.05, 4.69) is 4.72 Å². The summed E-state index contributed by atoms with van der Waals surface area (Å²) in [5.41, 5.74) is 8.23. The van der Waals surface area contributed by atoms with Gasteiger partial charge in [0.15, 0.2) is 0 Å². The van der Waals surface area contributed by atoms with Gasteiger partial charge in [-0.05, 0) is 36.6 Å². The highest BCUT2D eigenvalue weighted by Gasteiger charge is 2.41. The second kappa shape index (κ2) is 5.16. The summed E-state index contributed by atoms with van der Waals surface area (Å²) in [7, 11) is -3.56. The number of nitrogen functional groups attached to an aromatic ring is 1. The van der Waals surface area contributed by atoms with E-state index < -0.39 is 10.0 Å². The predicted octanol–water partition coefficient (Wildman–Crippen LogP) is 2.41. The van der Waals surface area contributed by atoms with E-state index in [1.807, 2.05) is 37.3 Å². The van der Waals surface area contributed by atoms with E-state index in [0.29, 0.717) is 5.69 Å². The topological polar surface area (TPSA) is 72.2 Å². The van der Waals surface area contributed by atoms with Crippen molar-refractivity contribution in [1.29, 1.82) is 0 Å². The summed E-state index contributed by atoms with van der Waals surface area (Å²) < 4.78 is 27.5. The second-order valence-electron chi connectivity index (χ2n) is 5.52. The Kier molecular flexibility index (Phi) is 3.47. The Labute approximate surface area is 125 Å². The Morgan fingerprint density at radius 1 is 1.14 bits per heavy atom. The highest BCUT2D eigenvalue weighted by molar-refractivity contribution is 7.89. The molecule has 0 aromatic heterocycles. The van der Waals surface area contributed by atoms with Gasteiger partial charge in [0.25, 0.3) is 0 Å². The molecule has 0 radical (unpaired) electrons. The Hall–Kier alpha value is -1.85. The molecule has 4 nitrogen and oxygen atoms in total. The number of anilines is 1. The van der Waals surface area contributed by atoms with Crippen molar-refractivity contribution in [2.24, 2.45) is 0 Å². The zero-order valence-electron chi connectivity index (χ0n) is 11.8. The maximum atomic E-state index is 12.4. The fraction of sp³-hybridized carbons (Fsp3) is 0.250. The smallest absolute Gasteiger partial charge is 0.242 e. The molecule has 0 saturated heterocycles. The van der Waals surface area contributed by atoms with Crippen molar-refractivity contribution in [3.63, 3.8) is 0 Å². The van der Waals surface area contributed by atoms with Gasteiger partial charge in [-0.2, -0.15) is 0 Å². The van der Waals surface area contributed by atoms with Crippen molar-refractivity contribution in [3.05, 3.63) is 59.7 Å². The molecule has 5 heteroatoms. The van der Waals surface area contributed by atoms with Crippen LogP contribution in [0.25, 0.3) is 0 Å². The Morgan fingerprint density at radius 2 is 1.86 bits per heavy atom. The molecule has 3 N–H and O–H groups in total. The fourth-order valence-electron chi connectivity index (χ4n) is 2.57. The number of hydrogen-bond donors (Lipinski definition) is 2. The lowest BCUT2D eigenvalue weighted by atomic mass is 10.1. The van der Waals surface area contributed by atoms with Crippen LogP contribution in [-0.4, -0.2) is 14.5 Å². The quantitative estimate of drug-likeness (QED) is 0.852. The number of nitrogens with two attached hydrogens (primary N) is 1. The van der Waals surface area contributed by atoms with Gasteiger partial charge in [0.1, 0.15) is 4.90 Å². The van der Waals surface area contributed by atoms with E-state index in [1.54, 1.807) is 18.2 Å². The first-order valence-corrected chi connectivity index (χ1v) is 8.39. The molecule has 1 aliphatic carbocycles. The summed E-state index contributed by atoms with van der Waals surface area (Å²) >= 11 is 0. The molecule has 0 bridgehead atoms. The van der Waals surface area contributed by atoms with Crippen molar-refractivity contribution >= 4 is 15.7 Å². The molecule has 2 unspecified atom stereocenters. The van der Waals surface area contributed by atoms with Crippen molar-refractivity contribution in [2.75, 3.05) is 5.73 Å². The van der Waals surface area contributed by atoms with Crippen LogP contribution < -0.4 is 10.5 Å². The predicted molar refractivity (Wildman–Crippen MR) is 83.5 cm³/mol. The monoisotopic (exact) mass is 302 g/mol. The zero-order chi connectivity index (χ0) is 15.0. The number of aryl methyl sites for hydroxylation is 1. The first-order chi connectivity index (χ1) is 9.97. The van der Waals surface area contributed by atoms with Crippen molar-refractivity contribution in [1.82, 2.24) is 4.72 Å². The SMILES string of the molecule is Cc1ccc(S(=O)(=O)NC2CC2c2ccccc2)c(N)c1. The zero-order valence-corrected chi connectivity index (χ0v) is 12.6. The summed E-state index contributed by atoms with van der Waals surface area (Å²) in [6.45, 7) is 1.88. The molecule has 0 amide bonds. The van der Waals surface area contributed by atoms with E-state index in [0.717, 1.165) is 12.0 Å². The van der Waals surface area contributed by atoms with E-state index in [4.69, 9.17) is 5.73 Å². The first-order valence-electron chi connectivity index (χ1n) is 6.91. The van der Waals surface area contributed by atoms with Crippen molar-refractivity contribution < 1.29 is 8.42 Å². The number of benzene rings is 2. The van der Waals surface area contributed by atoms with Crippen molar-refractivity contribution in [2.45, 2.75) is 30.2 Å². The second-order valence-corrected chi connectivity index (χ2v) is 7.20. The minimum Gasteiger partial charge on any atom is -0.398 e. The first kappa shape index (κ1) is 14.1. The maximum absolute atomic E-state index is 12.4. The number of sulfonamides is 1. The van der Waals surface area contributed by atoms with Gasteiger partial charge in [0.05, 0.1) is 5.69 Å². The van der Waals surface area contributed by atoms with Crippen LogP contribution in [0.15, 0.2) is 53.4 Å². The van der Waals surface area contributed by atoms with Crippen LogP contribution in [0.2, 0.25) is 0 Å². The van der Waals surface area contributed by atoms with E-state index in [-0.39, 0.29) is 16.9 Å². The molecule has 0 aliphatic heterocycles. The number of nitrogens with one attached hydrogen (secondary N) is 1. The molecule has 2 aromatic carbocycles. The van der Waals surface area contributed by atoms with Crippen LogP contribution in [-0.2, 0) is 10.0 Å². The Balaban J connectivity index is 1.76. The molecule has 2 aromatic rings. The summed E-state index contributed by atoms with van der Waals surface area (Å²) in [5, 5.41) is 0. The summed E-state index contributed by atoms with van der Waals surface area (Å²) in [6.07, 6.45) is 0.828. The van der Waals surface area contributed by atoms with Crippen molar-refractivity contribution in [3.8, 4) is 0 Å². The molecule has 2 atom stereocenters. The number of rotatable bonds is 4. The van der Waals surface area contributed by atoms with Crippen LogP contribution in [0, 0.1) is 6.92 Å². The minimum atomic E-state index is -3.56. The highest BCUT2D eigenvalue weighted by atomic mass is 32.2. The third-order valence-electron chi connectivity index (χ3n) is 3.78. The summed E-state index contributed by atoms with van der Waals surface area (Å²) in [5.74, 6) is 0.257. The lowest BCUT2D eigenvalue weighted by Gasteiger charge is -2.09. The van der Waals surface area contributed by atoms with E-state index in [9.17, 15) is 8.42 Å². The van der Waals surface area contributed by atoms with E-state index >= 15 is 0 Å². The lowest BCUT2D eigenvalue weighted by Crippen LogP contribution is -2.27. The van der Waals surface area contributed by atoms with Crippen LogP contribution in [0.4, 0.5) is 5.69 Å². The van der Waals surface area contributed by atoms with Gasteiger partial charge in [-0.3, -0.25) is 0 Å². The van der Waals surface area contributed by atoms with Gasteiger partial charge in [-0.25, -0.2) is 13.1 Å². The Morgan fingerprint density at radius 3 is 2.52 bits per heavy atom. The fourth-order valence-corrected chi connectivity index (χ4v) is 3.97. The maximum Gasteiger partial charge on any atom is 0.242 e. The molecule has 1 aliphatic rings. The van der Waals surface area contributed by atoms with Gasteiger partial charge in [-0.15, -0.1) is 0 Å². The third kappa shape index (κ3) is 2.94. The highest BCUT2D eigenvalue weighted by Crippen LogP contribution is 2.41. The summed E-state index contributed by atoms with van der Waals surface area (Å²) in [6, 6.07) is 14.9. The molecule has 1 saturated carbocycles. The molecule has 0 spiro atoms. The van der Waals surface area contributed by atoms with Gasteiger partial charge in [0, 0.05) is 12.0 Å². The average Bonchev–Trinajstić information content (AvgIpc) is 3.17. The molecule has 110 valence electrons. The largest absolute Gasteiger partial charge is 0.398 e. The molecular formula is C16H18N2O2S. The normalized spacial score (nSPS) is 21.2. The van der Waals surface area contributed by atoms with Crippen LogP contribution >= 0.6 is 0 Å². The Bertz CT molecular complexity index is 757. The molecule has 1 fully saturated rings. The van der Waals surface area contributed by atoms with Crippen LogP contribution in [0.5, 0.6) is 0 Å². The van der Waals surface area contributed by atoms with Gasteiger partial charge < -0.3 is 5.73 Å². The molecule has 0 heterocycles. The molecule has 3 rings (SSSR count). The van der Waals surface area contributed by atoms with Gasteiger partial charge >= 0.3 is 0 Å². The third-order valence-corrected chi connectivity index (χ3v) is 5.34. The van der Waals surface area contributed by atoms with Crippen LogP contribution in [0.3, 0.4) is 0 Å². The summed E-state index contributed by atoms with van der Waals surface area (Å²) in [4.78, 5) is 0.159. The molecule has 21 heavy (non-hydrogen) atoms. The van der Waals surface area contributed by atoms with Crippen LogP contribution in [0.1, 0.15) is 23.5 Å². The standard InChI is InChI=1S/C16H18N2O2S/c1-11-7-8-16(14(17)9-11)21(19,20)18-15-10-13(15)12-5-3-2-4-6-12/h2-9,13,15,18H,10,17H2,1H3. The van der Waals surface area contributed by atoms with Gasteiger partial charge in [0.2, 0.25) is 10.0 Å². The minimum absolute atomic E-state index is 0.0434.